The van der Waals surface area contributed by atoms with Crippen LogP contribution in [0.4, 0.5) is 17.1 Å². The number of aromatic nitrogens is 1. The Morgan fingerprint density at radius 2 is 1.78 bits per heavy atom. The zero-order valence-corrected chi connectivity index (χ0v) is 21.1. The van der Waals surface area contributed by atoms with Crippen molar-refractivity contribution in [3.05, 3.63) is 107 Å². The molecule has 1 fully saturated rings. The van der Waals surface area contributed by atoms with Crippen LogP contribution in [0, 0.1) is 10.1 Å². The van der Waals surface area contributed by atoms with Crippen LogP contribution in [0.25, 0.3) is 11.3 Å². The largest absolute Gasteiger partial charge is 0.459 e. The van der Waals surface area contributed by atoms with Crippen molar-refractivity contribution in [1.29, 1.82) is 0 Å². The molecule has 10 nitrogen and oxygen atoms in total. The van der Waals surface area contributed by atoms with Crippen LogP contribution in [0.5, 0.6) is 0 Å². The lowest BCUT2D eigenvalue weighted by atomic mass is 10.0. The monoisotopic (exact) mass is 535 g/mol. The number of nitrogens with zero attached hydrogens (tertiary/aromatic N) is 3. The maximum atomic E-state index is 11.6. The van der Waals surface area contributed by atoms with Crippen LogP contribution >= 0.6 is 12.2 Å². The minimum atomic E-state index is -3.42. The second-order valence-corrected chi connectivity index (χ2v) is 10.5. The van der Waals surface area contributed by atoms with Crippen LogP contribution in [0.1, 0.15) is 23.5 Å². The van der Waals surface area contributed by atoms with E-state index in [-0.39, 0.29) is 11.7 Å². The van der Waals surface area contributed by atoms with Crippen molar-refractivity contribution >= 4 is 44.4 Å². The second kappa shape index (κ2) is 9.64. The third-order valence-electron chi connectivity index (χ3n) is 5.83. The first-order chi connectivity index (χ1) is 17.7. The third kappa shape index (κ3) is 5.01. The standard InChI is InChI=1S/C25H21N5O5S2/c1-37(33,34)28-16-9-11-17(12-10-16)29-24(23(27-25(29)36)19-7-4-5-15-26-19)22-14-13-21(35-22)18-6-2-3-8-20(18)30(31)32/h2-15,23-24,28H,1H3,(H,27,36)/t23-,24+/m0/s1. The number of benzene rings is 2. The van der Waals surface area contributed by atoms with Crippen molar-refractivity contribution < 1.29 is 17.8 Å². The summed E-state index contributed by atoms with van der Waals surface area (Å²) in [4.78, 5) is 17.5. The van der Waals surface area contributed by atoms with Gasteiger partial charge in [-0.05, 0) is 66.8 Å². The Morgan fingerprint density at radius 3 is 2.46 bits per heavy atom. The Hall–Kier alpha value is -4.29. The van der Waals surface area contributed by atoms with Crippen molar-refractivity contribution in [2.45, 2.75) is 12.1 Å². The molecule has 1 aliphatic heterocycles. The number of nitrogens with one attached hydrogen (secondary N) is 2. The maximum absolute atomic E-state index is 11.6. The van der Waals surface area contributed by atoms with Gasteiger partial charge >= 0.3 is 0 Å². The van der Waals surface area contributed by atoms with E-state index in [4.69, 9.17) is 16.6 Å². The van der Waals surface area contributed by atoms with Gasteiger partial charge in [-0.3, -0.25) is 19.8 Å². The van der Waals surface area contributed by atoms with Crippen LogP contribution in [0.2, 0.25) is 0 Å². The summed E-state index contributed by atoms with van der Waals surface area (Å²) in [6.07, 6.45) is 2.77. The predicted molar refractivity (Wildman–Crippen MR) is 144 cm³/mol. The summed E-state index contributed by atoms with van der Waals surface area (Å²) >= 11 is 5.70. The molecule has 2 atom stereocenters. The first-order valence-corrected chi connectivity index (χ1v) is 13.4. The van der Waals surface area contributed by atoms with Crippen molar-refractivity contribution in [2.75, 3.05) is 15.9 Å². The lowest BCUT2D eigenvalue weighted by molar-refractivity contribution is -0.384. The molecule has 188 valence electrons. The van der Waals surface area contributed by atoms with Gasteiger partial charge in [0, 0.05) is 23.6 Å². The highest BCUT2D eigenvalue weighted by molar-refractivity contribution is 7.92. The molecule has 37 heavy (non-hydrogen) atoms. The number of thiocarbonyl (C=S) groups is 1. The number of nitro benzene ring substituents is 1. The summed E-state index contributed by atoms with van der Waals surface area (Å²) in [5, 5.41) is 15.3. The number of para-hydroxylation sites is 1. The molecule has 0 saturated carbocycles. The van der Waals surface area contributed by atoms with Gasteiger partial charge in [-0.1, -0.05) is 18.2 Å². The molecule has 0 radical (unpaired) electrons. The molecule has 0 bridgehead atoms. The van der Waals surface area contributed by atoms with Gasteiger partial charge < -0.3 is 14.6 Å². The zero-order valence-electron chi connectivity index (χ0n) is 19.4. The number of rotatable bonds is 7. The average molecular weight is 536 g/mol. The highest BCUT2D eigenvalue weighted by Crippen LogP contribution is 2.43. The molecule has 0 unspecified atom stereocenters. The molecule has 2 N–H and O–H groups in total. The normalized spacial score (nSPS) is 17.4. The Kier molecular flexibility index (Phi) is 6.36. The van der Waals surface area contributed by atoms with E-state index in [2.05, 4.69) is 15.0 Å². The SMILES string of the molecule is CS(=O)(=O)Nc1ccc(N2C(=S)N[C@@H](c3ccccn3)[C@H]2c2ccc(-c3ccccc3[N+](=O)[O-])o2)cc1. The molecule has 1 saturated heterocycles. The maximum Gasteiger partial charge on any atom is 0.280 e. The van der Waals surface area contributed by atoms with Gasteiger partial charge in [0.2, 0.25) is 10.0 Å². The van der Waals surface area contributed by atoms with Gasteiger partial charge in [0.1, 0.15) is 17.6 Å². The molecule has 0 aliphatic carbocycles. The third-order valence-corrected chi connectivity index (χ3v) is 6.75. The van der Waals surface area contributed by atoms with Gasteiger partial charge in [-0.2, -0.15) is 0 Å². The fraction of sp³-hybridized carbons (Fsp3) is 0.120. The molecule has 0 spiro atoms. The van der Waals surface area contributed by atoms with E-state index < -0.39 is 21.0 Å². The second-order valence-electron chi connectivity index (χ2n) is 8.39. The fourth-order valence-electron chi connectivity index (χ4n) is 4.32. The Labute approximate surface area is 218 Å². The van der Waals surface area contributed by atoms with Crippen LogP contribution in [0.3, 0.4) is 0 Å². The van der Waals surface area contributed by atoms with Crippen LogP contribution in [-0.4, -0.2) is 29.7 Å². The predicted octanol–water partition coefficient (Wildman–Crippen LogP) is 4.80. The highest BCUT2D eigenvalue weighted by atomic mass is 32.2. The number of anilines is 2. The fourth-order valence-corrected chi connectivity index (χ4v) is 5.23. The number of nitro groups is 1. The van der Waals surface area contributed by atoms with Gasteiger partial charge in [0.05, 0.1) is 28.5 Å². The summed E-state index contributed by atoms with van der Waals surface area (Å²) in [5.41, 5.74) is 2.15. The van der Waals surface area contributed by atoms with E-state index in [9.17, 15) is 18.5 Å². The van der Waals surface area contributed by atoms with Crippen LogP contribution in [-0.2, 0) is 10.0 Å². The Morgan fingerprint density at radius 1 is 1.05 bits per heavy atom. The lowest BCUT2D eigenvalue weighted by Gasteiger charge is -2.26. The van der Waals surface area contributed by atoms with E-state index in [1.54, 1.807) is 60.8 Å². The number of hydrogen-bond acceptors (Lipinski definition) is 7. The van der Waals surface area contributed by atoms with Crippen molar-refractivity contribution in [2.24, 2.45) is 0 Å². The highest BCUT2D eigenvalue weighted by Gasteiger charge is 2.42. The summed E-state index contributed by atoms with van der Waals surface area (Å²) in [6, 6.07) is 21.4. The molecule has 2 aromatic carbocycles. The first kappa shape index (κ1) is 24.4. The smallest absolute Gasteiger partial charge is 0.280 e. The molecule has 3 heterocycles. The van der Waals surface area contributed by atoms with Crippen molar-refractivity contribution in [3.63, 3.8) is 0 Å². The molecular formula is C25H21N5O5S2. The molecule has 4 aromatic rings. The van der Waals surface area contributed by atoms with Gasteiger partial charge in [-0.15, -0.1) is 0 Å². The number of sulfonamides is 1. The van der Waals surface area contributed by atoms with Gasteiger partial charge in [0.25, 0.3) is 5.69 Å². The van der Waals surface area contributed by atoms with Gasteiger partial charge in [-0.25, -0.2) is 8.42 Å². The summed E-state index contributed by atoms with van der Waals surface area (Å²) in [6.45, 7) is 0. The molecule has 5 rings (SSSR count). The number of pyridine rings is 1. The molecule has 12 heteroatoms. The quantitative estimate of drug-likeness (QED) is 0.195. The number of hydrogen-bond donors (Lipinski definition) is 2. The molecule has 2 aromatic heterocycles. The Bertz CT molecular complexity index is 1570. The number of furan rings is 1. The minimum absolute atomic E-state index is 0.0597. The minimum Gasteiger partial charge on any atom is -0.459 e. The zero-order chi connectivity index (χ0) is 26.2. The first-order valence-electron chi connectivity index (χ1n) is 11.1. The van der Waals surface area contributed by atoms with E-state index in [1.165, 1.54) is 6.07 Å². The van der Waals surface area contributed by atoms with E-state index in [1.807, 2.05) is 23.1 Å². The summed E-state index contributed by atoms with van der Waals surface area (Å²) < 4.78 is 31.9. The average Bonchev–Trinajstić information content (AvgIpc) is 3.49. The Balaban J connectivity index is 1.57. The van der Waals surface area contributed by atoms with E-state index >= 15 is 0 Å². The lowest BCUT2D eigenvalue weighted by Crippen LogP contribution is -2.29. The topological polar surface area (TPSA) is 131 Å². The van der Waals surface area contributed by atoms with Crippen molar-refractivity contribution in [3.8, 4) is 11.3 Å². The van der Waals surface area contributed by atoms with Crippen molar-refractivity contribution in [1.82, 2.24) is 10.3 Å². The molecule has 1 aliphatic rings. The molecular weight excluding hydrogens is 514 g/mol. The van der Waals surface area contributed by atoms with E-state index in [0.717, 1.165) is 11.9 Å². The summed E-state index contributed by atoms with van der Waals surface area (Å²) in [5.74, 6) is 0.877. The van der Waals surface area contributed by atoms with E-state index in [0.29, 0.717) is 33.6 Å². The van der Waals surface area contributed by atoms with Crippen LogP contribution in [0.15, 0.2) is 89.5 Å². The molecule has 0 amide bonds. The summed E-state index contributed by atoms with van der Waals surface area (Å²) in [7, 11) is -3.42. The van der Waals surface area contributed by atoms with Crippen LogP contribution < -0.4 is 14.9 Å². The van der Waals surface area contributed by atoms with Gasteiger partial charge in [0.15, 0.2) is 5.11 Å².